The van der Waals surface area contributed by atoms with E-state index >= 15 is 0 Å². The quantitative estimate of drug-likeness (QED) is 0.182. The minimum atomic E-state index is -1.43. The third-order valence-electron chi connectivity index (χ3n) is 6.18. The van der Waals surface area contributed by atoms with Gasteiger partial charge in [0.1, 0.15) is 24.0 Å². The Hall–Kier alpha value is -4.45. The number of carbonyl (C=O) groups is 4. The van der Waals surface area contributed by atoms with Crippen molar-refractivity contribution in [2.24, 2.45) is 0 Å². The average Bonchev–Trinajstić information content (AvgIpc) is 2.87. The molecule has 0 radical (unpaired) electrons. The van der Waals surface area contributed by atoms with Gasteiger partial charge >= 0.3 is 29.5 Å². The molecule has 1 aliphatic heterocycles. The van der Waals surface area contributed by atoms with E-state index in [1.54, 1.807) is 43.3 Å². The van der Waals surface area contributed by atoms with Crippen LogP contribution in [0.4, 0.5) is 0 Å². The zero-order chi connectivity index (χ0) is 29.1. The minimum absolute atomic E-state index is 0.201. The van der Waals surface area contributed by atoms with Gasteiger partial charge in [-0.1, -0.05) is 18.2 Å². The van der Waals surface area contributed by atoms with E-state index in [0.717, 1.165) is 20.8 Å². The predicted molar refractivity (Wildman–Crippen MR) is 137 cm³/mol. The molecule has 12 nitrogen and oxygen atoms in total. The molecule has 2 heterocycles. The smallest absolute Gasteiger partial charge is 0.344 e. The molecule has 12 heteroatoms. The zero-order valence-electron chi connectivity index (χ0n) is 22.5. The predicted octanol–water partition coefficient (Wildman–Crippen LogP) is 2.72. The zero-order valence-corrected chi connectivity index (χ0v) is 22.5. The van der Waals surface area contributed by atoms with E-state index in [9.17, 15) is 24.0 Å². The first kappa shape index (κ1) is 28.6. The maximum Gasteiger partial charge on any atom is 0.344 e. The number of benzene rings is 2. The van der Waals surface area contributed by atoms with E-state index in [-0.39, 0.29) is 11.3 Å². The number of hydrogen-bond acceptors (Lipinski definition) is 12. The number of carbonyl (C=O) groups excluding carboxylic acids is 4. The lowest BCUT2D eigenvalue weighted by Gasteiger charge is -2.44. The second-order valence-corrected chi connectivity index (χ2v) is 9.19. The van der Waals surface area contributed by atoms with Crippen molar-refractivity contribution in [2.75, 3.05) is 6.61 Å². The maximum absolute atomic E-state index is 12.6. The van der Waals surface area contributed by atoms with Crippen LogP contribution in [0.3, 0.4) is 0 Å². The molecule has 0 bridgehead atoms. The molecule has 4 rings (SSSR count). The summed E-state index contributed by atoms with van der Waals surface area (Å²) in [4.78, 5) is 60.2. The van der Waals surface area contributed by atoms with Crippen molar-refractivity contribution in [3.05, 3.63) is 52.4 Å². The van der Waals surface area contributed by atoms with Crippen molar-refractivity contribution < 1.29 is 52.0 Å². The molecule has 212 valence electrons. The molecule has 3 aromatic rings. The molecule has 1 aromatic heterocycles. The highest BCUT2D eigenvalue weighted by Crippen LogP contribution is 2.35. The van der Waals surface area contributed by atoms with Crippen LogP contribution in [-0.4, -0.2) is 61.2 Å². The van der Waals surface area contributed by atoms with Crippen LogP contribution in [-0.2, 0) is 42.9 Å². The standard InChI is InChI=1S/C28H28O12/c1-13-21(11-10-19-18-8-6-7-9-20(18)27(33)40-23(13)19)38-28-26(37-17(5)32)25(36-16(4)31)24(35-15(3)30)22(39-28)12-34-14(2)29/h6-11,22,24-26,28H,12H2,1-5H3. The molecule has 1 saturated heterocycles. The van der Waals surface area contributed by atoms with E-state index in [4.69, 9.17) is 32.8 Å². The van der Waals surface area contributed by atoms with Crippen LogP contribution in [0.2, 0.25) is 0 Å². The fourth-order valence-electron chi connectivity index (χ4n) is 4.60. The molecular weight excluding hydrogens is 528 g/mol. The molecule has 2 aromatic carbocycles. The molecule has 1 fully saturated rings. The van der Waals surface area contributed by atoms with Gasteiger partial charge in [0.25, 0.3) is 0 Å². The Kier molecular flexibility index (Phi) is 8.38. The number of hydrogen-bond donors (Lipinski definition) is 0. The summed E-state index contributed by atoms with van der Waals surface area (Å²) in [5.74, 6) is -2.70. The molecule has 5 unspecified atom stereocenters. The lowest BCUT2D eigenvalue weighted by molar-refractivity contribution is -0.288. The third-order valence-corrected chi connectivity index (χ3v) is 6.18. The van der Waals surface area contributed by atoms with Gasteiger partial charge in [-0.15, -0.1) is 0 Å². The van der Waals surface area contributed by atoms with Crippen molar-refractivity contribution in [3.63, 3.8) is 0 Å². The molecule has 1 aliphatic rings. The molecule has 40 heavy (non-hydrogen) atoms. The number of fused-ring (bicyclic) bond motifs is 3. The van der Waals surface area contributed by atoms with Gasteiger partial charge in [-0.05, 0) is 30.5 Å². The summed E-state index contributed by atoms with van der Waals surface area (Å²) in [5.41, 5.74) is 0.177. The normalized spacial score (nSPS) is 22.4. The van der Waals surface area contributed by atoms with Crippen molar-refractivity contribution in [2.45, 2.75) is 65.3 Å². The van der Waals surface area contributed by atoms with Crippen molar-refractivity contribution >= 4 is 45.6 Å². The van der Waals surface area contributed by atoms with Gasteiger partial charge in [0.15, 0.2) is 12.2 Å². The number of ether oxygens (including phenoxy) is 6. The van der Waals surface area contributed by atoms with Crippen molar-refractivity contribution in [1.29, 1.82) is 0 Å². The van der Waals surface area contributed by atoms with Crippen molar-refractivity contribution in [3.8, 4) is 5.75 Å². The minimum Gasteiger partial charge on any atom is -0.463 e. The van der Waals surface area contributed by atoms with Crippen molar-refractivity contribution in [1.82, 2.24) is 0 Å². The summed E-state index contributed by atoms with van der Waals surface area (Å²) >= 11 is 0. The van der Waals surface area contributed by atoms with Crippen LogP contribution >= 0.6 is 0 Å². The van der Waals surface area contributed by atoms with Gasteiger partial charge in [0.2, 0.25) is 12.4 Å². The molecule has 0 aliphatic carbocycles. The van der Waals surface area contributed by atoms with Gasteiger partial charge < -0.3 is 32.8 Å². The Morgan fingerprint density at radius 2 is 1.35 bits per heavy atom. The molecule has 0 N–H and O–H groups in total. The van der Waals surface area contributed by atoms with E-state index in [2.05, 4.69) is 0 Å². The lowest BCUT2D eigenvalue weighted by atomic mass is 9.98. The van der Waals surface area contributed by atoms with E-state index in [0.29, 0.717) is 21.7 Å². The van der Waals surface area contributed by atoms with Crippen LogP contribution in [0.25, 0.3) is 21.7 Å². The van der Waals surface area contributed by atoms with Gasteiger partial charge in [-0.25, -0.2) is 4.79 Å². The molecule has 5 atom stereocenters. The van der Waals surface area contributed by atoms with Gasteiger partial charge in [-0.3, -0.25) is 19.2 Å². The Bertz CT molecular complexity index is 1520. The van der Waals surface area contributed by atoms with Gasteiger partial charge in [-0.2, -0.15) is 0 Å². The second kappa shape index (κ2) is 11.7. The summed E-state index contributed by atoms with van der Waals surface area (Å²) in [6.07, 6.45) is -6.70. The largest absolute Gasteiger partial charge is 0.463 e. The molecule has 0 spiro atoms. The SMILES string of the molecule is CC(=O)OCC1OC(Oc2ccc3c(oc(=O)c4ccccc43)c2C)C(OC(C)=O)C(OC(C)=O)C1OC(C)=O. The summed E-state index contributed by atoms with van der Waals surface area (Å²) in [7, 11) is 0. The summed E-state index contributed by atoms with van der Waals surface area (Å²) in [6, 6.07) is 10.3. The first-order chi connectivity index (χ1) is 19.0. The monoisotopic (exact) mass is 556 g/mol. The summed E-state index contributed by atoms with van der Waals surface area (Å²) in [6.45, 7) is 5.85. The maximum atomic E-state index is 12.6. The van der Waals surface area contributed by atoms with Gasteiger partial charge in [0, 0.05) is 38.6 Å². The highest BCUT2D eigenvalue weighted by Gasteiger charge is 2.53. The first-order valence-corrected chi connectivity index (χ1v) is 12.4. The highest BCUT2D eigenvalue weighted by atomic mass is 16.7. The first-order valence-electron chi connectivity index (χ1n) is 12.4. The van der Waals surface area contributed by atoms with E-state index in [1.807, 2.05) is 0 Å². The van der Waals surface area contributed by atoms with E-state index < -0.39 is 66.8 Å². The Morgan fingerprint density at radius 3 is 1.98 bits per heavy atom. The molecular formula is C28H28O12. The molecule has 0 saturated carbocycles. The Labute approximate surface area is 228 Å². The van der Waals surface area contributed by atoms with Crippen LogP contribution in [0.5, 0.6) is 5.75 Å². The fraction of sp³-hybridized carbons (Fsp3) is 0.393. The van der Waals surface area contributed by atoms with Crippen LogP contribution in [0.15, 0.2) is 45.6 Å². The lowest BCUT2D eigenvalue weighted by Crippen LogP contribution is -2.63. The third kappa shape index (κ3) is 6.07. The second-order valence-electron chi connectivity index (χ2n) is 9.19. The molecule has 0 amide bonds. The summed E-state index contributed by atoms with van der Waals surface area (Å²) < 4.78 is 39.1. The average molecular weight is 557 g/mol. The Morgan fingerprint density at radius 1 is 0.750 bits per heavy atom. The van der Waals surface area contributed by atoms with Gasteiger partial charge in [0.05, 0.1) is 5.39 Å². The van der Waals surface area contributed by atoms with Crippen LogP contribution < -0.4 is 10.4 Å². The highest BCUT2D eigenvalue weighted by molar-refractivity contribution is 6.05. The van der Waals surface area contributed by atoms with Crippen LogP contribution in [0, 0.1) is 6.92 Å². The van der Waals surface area contributed by atoms with E-state index in [1.165, 1.54) is 6.92 Å². The topological polar surface area (TPSA) is 154 Å². The number of aryl methyl sites for hydroxylation is 1. The summed E-state index contributed by atoms with van der Waals surface area (Å²) in [5, 5.41) is 1.78. The number of rotatable bonds is 7. The Balaban J connectivity index is 1.78. The number of esters is 4. The fourth-order valence-corrected chi connectivity index (χ4v) is 4.60. The van der Waals surface area contributed by atoms with Crippen LogP contribution in [0.1, 0.15) is 33.3 Å².